The van der Waals surface area contributed by atoms with Crippen LogP contribution >= 0.6 is 11.6 Å². The normalized spacial score (nSPS) is 15.8. The van der Waals surface area contributed by atoms with Gasteiger partial charge in [0.1, 0.15) is 16.5 Å². The topological polar surface area (TPSA) is 125 Å². The van der Waals surface area contributed by atoms with Crippen molar-refractivity contribution in [3.63, 3.8) is 0 Å². The molecule has 2 aromatic heterocycles. The van der Waals surface area contributed by atoms with E-state index in [2.05, 4.69) is 27.5 Å². The van der Waals surface area contributed by atoms with E-state index in [-0.39, 0.29) is 34.2 Å². The van der Waals surface area contributed by atoms with Gasteiger partial charge in [0.2, 0.25) is 0 Å². The van der Waals surface area contributed by atoms with Crippen molar-refractivity contribution in [3.05, 3.63) is 67.4 Å². The molecule has 1 saturated carbocycles. The van der Waals surface area contributed by atoms with Crippen LogP contribution in [-0.2, 0) is 0 Å². The van der Waals surface area contributed by atoms with Crippen molar-refractivity contribution in [2.75, 3.05) is 24.7 Å². The molecule has 10 heteroatoms. The Hall–Kier alpha value is -3.46. The maximum Gasteiger partial charge on any atom is 0.275 e. The smallest absolute Gasteiger partial charge is 0.275 e. The molecule has 9 nitrogen and oxygen atoms in total. The second-order valence-electron chi connectivity index (χ2n) is 9.11. The summed E-state index contributed by atoms with van der Waals surface area (Å²) in [6, 6.07) is 6.41. The summed E-state index contributed by atoms with van der Waals surface area (Å²) < 4.78 is 0. The molecule has 34 heavy (non-hydrogen) atoms. The average Bonchev–Trinajstić information content (AvgIpc) is 3.25. The van der Waals surface area contributed by atoms with Gasteiger partial charge in [-0.15, -0.1) is 0 Å². The van der Waals surface area contributed by atoms with Crippen LogP contribution in [0, 0.1) is 5.41 Å². The molecule has 0 radical (unpaired) electrons. The number of amides is 1. The second kappa shape index (κ2) is 9.06. The first kappa shape index (κ1) is 23.7. The van der Waals surface area contributed by atoms with Gasteiger partial charge in [-0.3, -0.25) is 14.4 Å². The van der Waals surface area contributed by atoms with E-state index >= 15 is 0 Å². The summed E-state index contributed by atoms with van der Waals surface area (Å²) in [6.45, 7) is 2.13. The predicted octanol–water partition coefficient (Wildman–Crippen LogP) is 3.61. The van der Waals surface area contributed by atoms with Crippen molar-refractivity contribution in [1.29, 1.82) is 0 Å². The number of nitrogens with zero attached hydrogens (tertiary/aromatic N) is 3. The molecule has 0 bridgehead atoms. The number of carbonyl (C=O) groups is 1. The molecule has 1 atom stereocenters. The van der Waals surface area contributed by atoms with Gasteiger partial charge in [0.25, 0.3) is 16.8 Å². The first-order chi connectivity index (χ1) is 16.1. The van der Waals surface area contributed by atoms with Crippen LogP contribution in [0.3, 0.4) is 0 Å². The molecule has 3 N–H and O–H groups in total. The number of pyridine rings is 2. The number of hydrogen-bond acceptors (Lipinski definition) is 8. The lowest BCUT2D eigenvalue weighted by Gasteiger charge is -2.35. The van der Waals surface area contributed by atoms with Crippen LogP contribution < -0.4 is 21.5 Å². The van der Waals surface area contributed by atoms with Gasteiger partial charge < -0.3 is 20.6 Å². The van der Waals surface area contributed by atoms with Crippen molar-refractivity contribution in [3.8, 4) is 5.75 Å². The molecule has 1 aliphatic carbocycles. The fourth-order valence-electron chi connectivity index (χ4n) is 4.51. The zero-order chi connectivity index (χ0) is 24.6. The molecular formula is C24H26ClN5O4. The highest BCUT2D eigenvalue weighted by Gasteiger charge is 2.40. The van der Waals surface area contributed by atoms with E-state index in [1.807, 2.05) is 6.07 Å². The Balaban J connectivity index is 1.69. The third-order valence-corrected chi connectivity index (χ3v) is 6.68. The lowest BCUT2D eigenvalue weighted by atomic mass is 9.78. The monoisotopic (exact) mass is 483 g/mol. The van der Waals surface area contributed by atoms with E-state index in [1.54, 1.807) is 12.1 Å². The van der Waals surface area contributed by atoms with Gasteiger partial charge in [-0.25, -0.2) is 9.97 Å². The van der Waals surface area contributed by atoms with E-state index < -0.39 is 22.5 Å². The van der Waals surface area contributed by atoms with Gasteiger partial charge >= 0.3 is 0 Å². The number of halogens is 1. The quantitative estimate of drug-likeness (QED) is 0.344. The highest BCUT2D eigenvalue weighted by Crippen LogP contribution is 2.48. The van der Waals surface area contributed by atoms with Crippen molar-refractivity contribution >= 4 is 34.6 Å². The van der Waals surface area contributed by atoms with Crippen molar-refractivity contribution in [2.24, 2.45) is 5.41 Å². The molecule has 1 aliphatic rings. The van der Waals surface area contributed by atoms with Crippen LogP contribution in [0.1, 0.15) is 54.8 Å². The molecule has 0 unspecified atom stereocenters. The highest BCUT2D eigenvalue weighted by molar-refractivity contribution is 6.29. The first-order valence-electron chi connectivity index (χ1n) is 11.0. The van der Waals surface area contributed by atoms with E-state index in [0.717, 1.165) is 25.7 Å². The summed E-state index contributed by atoms with van der Waals surface area (Å²) in [4.78, 5) is 47.0. The Kier molecular flexibility index (Phi) is 6.31. The van der Waals surface area contributed by atoms with Crippen LogP contribution in [0.5, 0.6) is 5.75 Å². The zero-order valence-electron chi connectivity index (χ0n) is 19.2. The average molecular weight is 484 g/mol. The molecular weight excluding hydrogens is 458 g/mol. The number of anilines is 3. The number of aromatic nitrogens is 2. The number of nitrogens with one attached hydrogen (secondary N) is 2. The maximum atomic E-state index is 12.6. The Labute approximate surface area is 201 Å². The summed E-state index contributed by atoms with van der Waals surface area (Å²) in [5.74, 6) is -0.901. The van der Waals surface area contributed by atoms with Gasteiger partial charge in [0.15, 0.2) is 11.4 Å². The Morgan fingerprint density at radius 3 is 2.47 bits per heavy atom. The molecule has 1 fully saturated rings. The minimum absolute atomic E-state index is 0.0170. The number of aromatic hydroxyl groups is 1. The summed E-state index contributed by atoms with van der Waals surface area (Å²) in [6.07, 6.45) is 5.31. The zero-order valence-corrected chi connectivity index (χ0v) is 19.9. The molecule has 2 heterocycles. The molecule has 178 valence electrons. The summed E-state index contributed by atoms with van der Waals surface area (Å²) in [5.41, 5.74) is -0.824. The standard InChI is InChI=1S/C24H26ClN5O4/c1-24(10-4-5-11-24)22(14-7-6-8-15(25)27-14)29-17-16(20(32)21(17)33)28-13-9-12-26-18(19(13)31)23(34)30(2)3/h6-9,12,22,29,31H,4-5,10-11H2,1-3H3,(H,26,28)/t22-/m0/s1. The van der Waals surface area contributed by atoms with Crippen LogP contribution in [0.15, 0.2) is 40.1 Å². The number of hydrogen-bond donors (Lipinski definition) is 3. The maximum absolute atomic E-state index is 12.6. The summed E-state index contributed by atoms with van der Waals surface area (Å²) >= 11 is 6.14. The van der Waals surface area contributed by atoms with Crippen LogP contribution in [0.2, 0.25) is 5.15 Å². The van der Waals surface area contributed by atoms with E-state index in [9.17, 15) is 19.5 Å². The lowest BCUT2D eigenvalue weighted by molar-refractivity contribution is 0.0819. The Bertz CT molecular complexity index is 1310. The van der Waals surface area contributed by atoms with Crippen LogP contribution in [0.4, 0.5) is 17.1 Å². The minimum atomic E-state index is -0.714. The predicted molar refractivity (Wildman–Crippen MR) is 131 cm³/mol. The lowest BCUT2D eigenvalue weighted by Crippen LogP contribution is -2.40. The molecule has 1 aromatic carbocycles. The van der Waals surface area contributed by atoms with E-state index in [0.29, 0.717) is 10.8 Å². The third kappa shape index (κ3) is 4.23. The van der Waals surface area contributed by atoms with Gasteiger partial charge in [0, 0.05) is 20.3 Å². The summed E-state index contributed by atoms with van der Waals surface area (Å²) in [7, 11) is 3.08. The molecule has 0 saturated heterocycles. The molecule has 1 amide bonds. The number of carbonyl (C=O) groups excluding carboxylic acids is 1. The van der Waals surface area contributed by atoms with Gasteiger partial charge in [-0.2, -0.15) is 0 Å². The molecule has 4 rings (SSSR count). The number of rotatable bonds is 7. The first-order valence-corrected chi connectivity index (χ1v) is 11.4. The van der Waals surface area contributed by atoms with Crippen molar-refractivity contribution in [1.82, 2.24) is 14.9 Å². The Morgan fingerprint density at radius 2 is 1.82 bits per heavy atom. The molecule has 3 aromatic rings. The minimum Gasteiger partial charge on any atom is -0.504 e. The van der Waals surface area contributed by atoms with E-state index in [1.165, 1.54) is 31.3 Å². The SMILES string of the molecule is CN(C)C(=O)c1nccc(Nc2c(N[C@@H](c3cccc(Cl)n3)C3(C)CCCC3)c(=O)c2=O)c1O. The van der Waals surface area contributed by atoms with Gasteiger partial charge in [0.05, 0.1) is 17.4 Å². The van der Waals surface area contributed by atoms with Crippen molar-refractivity contribution < 1.29 is 9.90 Å². The van der Waals surface area contributed by atoms with Gasteiger partial charge in [-0.1, -0.05) is 37.4 Å². The van der Waals surface area contributed by atoms with Crippen LogP contribution in [0.25, 0.3) is 0 Å². The van der Waals surface area contributed by atoms with Gasteiger partial charge in [-0.05, 0) is 36.5 Å². The highest BCUT2D eigenvalue weighted by atomic mass is 35.5. The largest absolute Gasteiger partial charge is 0.504 e. The second-order valence-corrected chi connectivity index (χ2v) is 9.50. The van der Waals surface area contributed by atoms with Crippen molar-refractivity contribution in [2.45, 2.75) is 38.6 Å². The summed E-state index contributed by atoms with van der Waals surface area (Å²) in [5, 5.41) is 17.0. The van der Waals surface area contributed by atoms with E-state index in [4.69, 9.17) is 11.6 Å². The fourth-order valence-corrected chi connectivity index (χ4v) is 4.68. The Morgan fingerprint density at radius 1 is 1.15 bits per heavy atom. The molecule has 0 spiro atoms. The van der Waals surface area contributed by atoms with Crippen LogP contribution in [-0.4, -0.2) is 40.0 Å². The molecule has 0 aliphatic heterocycles. The fraction of sp³-hybridized carbons (Fsp3) is 0.375. The third-order valence-electron chi connectivity index (χ3n) is 6.47.